The highest BCUT2D eigenvalue weighted by molar-refractivity contribution is 5.94. The summed E-state index contributed by atoms with van der Waals surface area (Å²) in [6, 6.07) is 14.5. The minimum atomic E-state index is 0.154. The Kier molecular flexibility index (Phi) is 5.68. The average Bonchev–Trinajstić information content (AvgIpc) is 2.75. The van der Waals surface area contributed by atoms with Crippen LogP contribution in [-0.4, -0.2) is 60.0 Å². The van der Waals surface area contributed by atoms with Crippen LogP contribution in [0.3, 0.4) is 0 Å². The number of piperidine rings is 1. The second-order valence-electron chi connectivity index (χ2n) is 7.50. The van der Waals surface area contributed by atoms with Crippen LogP contribution < -0.4 is 4.90 Å². The minimum absolute atomic E-state index is 0.154. The van der Waals surface area contributed by atoms with Gasteiger partial charge >= 0.3 is 0 Å². The van der Waals surface area contributed by atoms with Gasteiger partial charge in [0.1, 0.15) is 5.82 Å². The second-order valence-corrected chi connectivity index (χ2v) is 7.50. The molecule has 5 heteroatoms. The number of carbonyl (C=O) groups is 1. The van der Waals surface area contributed by atoms with Crippen LogP contribution in [0.15, 0.2) is 48.7 Å². The number of carbonyl (C=O) groups excluding carboxylic acids is 1. The molecule has 0 aliphatic carbocycles. The number of benzene rings is 1. The Morgan fingerprint density at radius 2 is 1.63 bits per heavy atom. The van der Waals surface area contributed by atoms with Crippen LogP contribution in [0.25, 0.3) is 0 Å². The van der Waals surface area contributed by atoms with Gasteiger partial charge in [-0.1, -0.05) is 30.3 Å². The Hall–Kier alpha value is -2.40. The van der Waals surface area contributed by atoms with Crippen molar-refractivity contribution in [2.45, 2.75) is 25.8 Å². The van der Waals surface area contributed by atoms with Crippen molar-refractivity contribution in [2.75, 3.05) is 44.2 Å². The van der Waals surface area contributed by atoms with Crippen molar-refractivity contribution in [3.63, 3.8) is 0 Å². The quantitative estimate of drug-likeness (QED) is 0.836. The number of anilines is 1. The predicted molar refractivity (Wildman–Crippen MR) is 108 cm³/mol. The molecule has 0 radical (unpaired) electrons. The van der Waals surface area contributed by atoms with E-state index in [1.54, 1.807) is 6.20 Å². The lowest BCUT2D eigenvalue weighted by Crippen LogP contribution is -2.46. The summed E-state index contributed by atoms with van der Waals surface area (Å²) in [6.07, 6.45) is 5.25. The molecule has 1 amide bonds. The lowest BCUT2D eigenvalue weighted by atomic mass is 10.1. The van der Waals surface area contributed by atoms with E-state index in [0.717, 1.165) is 70.0 Å². The molecule has 27 heavy (non-hydrogen) atoms. The van der Waals surface area contributed by atoms with Gasteiger partial charge in [0.25, 0.3) is 5.91 Å². The smallest absolute Gasteiger partial charge is 0.254 e. The highest BCUT2D eigenvalue weighted by Gasteiger charge is 2.21. The highest BCUT2D eigenvalue weighted by atomic mass is 16.2. The molecule has 142 valence electrons. The van der Waals surface area contributed by atoms with Crippen LogP contribution in [0.4, 0.5) is 5.82 Å². The van der Waals surface area contributed by atoms with E-state index in [2.05, 4.69) is 45.1 Å². The van der Waals surface area contributed by atoms with Gasteiger partial charge in [-0.2, -0.15) is 0 Å². The molecule has 4 rings (SSSR count). The molecule has 0 atom stereocenters. The van der Waals surface area contributed by atoms with E-state index in [0.29, 0.717) is 0 Å². The number of likely N-dealkylation sites (tertiary alicyclic amines) is 1. The van der Waals surface area contributed by atoms with Gasteiger partial charge in [-0.15, -0.1) is 0 Å². The van der Waals surface area contributed by atoms with Crippen molar-refractivity contribution in [3.8, 4) is 0 Å². The third-order valence-electron chi connectivity index (χ3n) is 5.58. The normalized spacial score (nSPS) is 18.5. The number of piperazine rings is 1. The summed E-state index contributed by atoms with van der Waals surface area (Å²) in [5, 5.41) is 0. The Labute approximate surface area is 161 Å². The molecule has 1 aromatic carbocycles. The zero-order valence-corrected chi connectivity index (χ0v) is 15.9. The SMILES string of the molecule is O=C(c1ccnc(N2CCN(Cc3ccccc3)CC2)c1)N1CCCCC1. The molecule has 0 bridgehead atoms. The number of hydrogen-bond acceptors (Lipinski definition) is 4. The maximum absolute atomic E-state index is 12.8. The Bertz CT molecular complexity index is 750. The Balaban J connectivity index is 1.36. The van der Waals surface area contributed by atoms with E-state index in [4.69, 9.17) is 0 Å². The van der Waals surface area contributed by atoms with E-state index in [1.165, 1.54) is 12.0 Å². The molecular formula is C22H28N4O. The largest absolute Gasteiger partial charge is 0.354 e. The lowest BCUT2D eigenvalue weighted by molar-refractivity contribution is 0.0724. The van der Waals surface area contributed by atoms with Crippen LogP contribution in [0.2, 0.25) is 0 Å². The molecule has 2 saturated heterocycles. The summed E-state index contributed by atoms with van der Waals surface area (Å²) < 4.78 is 0. The van der Waals surface area contributed by atoms with Gasteiger partial charge in [0.15, 0.2) is 0 Å². The van der Waals surface area contributed by atoms with E-state index >= 15 is 0 Å². The number of nitrogens with zero attached hydrogens (tertiary/aromatic N) is 4. The average molecular weight is 364 g/mol. The van der Waals surface area contributed by atoms with Crippen molar-refractivity contribution < 1.29 is 4.79 Å². The molecule has 0 unspecified atom stereocenters. The van der Waals surface area contributed by atoms with Gasteiger partial charge < -0.3 is 9.80 Å². The van der Waals surface area contributed by atoms with Crippen molar-refractivity contribution in [1.29, 1.82) is 0 Å². The van der Waals surface area contributed by atoms with Crippen molar-refractivity contribution in [2.24, 2.45) is 0 Å². The zero-order valence-electron chi connectivity index (χ0n) is 15.9. The monoisotopic (exact) mass is 364 g/mol. The van der Waals surface area contributed by atoms with Gasteiger partial charge in [-0.05, 0) is 37.0 Å². The molecule has 5 nitrogen and oxygen atoms in total. The Morgan fingerprint density at radius 1 is 0.889 bits per heavy atom. The summed E-state index contributed by atoms with van der Waals surface area (Å²) in [5.74, 6) is 1.08. The molecule has 2 aliphatic heterocycles. The maximum Gasteiger partial charge on any atom is 0.254 e. The van der Waals surface area contributed by atoms with Gasteiger partial charge in [0.05, 0.1) is 0 Å². The van der Waals surface area contributed by atoms with Gasteiger partial charge in [-0.3, -0.25) is 9.69 Å². The number of pyridine rings is 1. The molecule has 1 aromatic heterocycles. The molecular weight excluding hydrogens is 336 g/mol. The Morgan fingerprint density at radius 3 is 2.37 bits per heavy atom. The van der Waals surface area contributed by atoms with Crippen LogP contribution in [0.1, 0.15) is 35.2 Å². The summed E-state index contributed by atoms with van der Waals surface area (Å²) in [6.45, 7) is 6.68. The van der Waals surface area contributed by atoms with Gasteiger partial charge in [-0.25, -0.2) is 4.98 Å². The summed E-state index contributed by atoms with van der Waals surface area (Å²) in [5.41, 5.74) is 2.13. The maximum atomic E-state index is 12.8. The topological polar surface area (TPSA) is 39.7 Å². The summed E-state index contributed by atoms with van der Waals surface area (Å²) >= 11 is 0. The molecule has 2 fully saturated rings. The first-order valence-corrected chi connectivity index (χ1v) is 10.1. The minimum Gasteiger partial charge on any atom is -0.354 e. The van der Waals surface area contributed by atoms with Gasteiger partial charge in [0, 0.05) is 57.6 Å². The van der Waals surface area contributed by atoms with Crippen molar-refractivity contribution >= 4 is 11.7 Å². The van der Waals surface area contributed by atoms with Crippen LogP contribution in [-0.2, 0) is 6.54 Å². The number of rotatable bonds is 4. The third kappa shape index (κ3) is 4.48. The van der Waals surface area contributed by atoms with Crippen molar-refractivity contribution in [1.82, 2.24) is 14.8 Å². The van der Waals surface area contributed by atoms with Gasteiger partial charge in [0.2, 0.25) is 0 Å². The lowest BCUT2D eigenvalue weighted by Gasteiger charge is -2.35. The van der Waals surface area contributed by atoms with Crippen molar-refractivity contribution in [3.05, 3.63) is 59.8 Å². The predicted octanol–water partition coefficient (Wildman–Crippen LogP) is 3.03. The molecule has 0 N–H and O–H groups in total. The first kappa shape index (κ1) is 18.0. The summed E-state index contributed by atoms with van der Waals surface area (Å²) in [7, 11) is 0. The van der Waals surface area contributed by atoms with E-state index in [-0.39, 0.29) is 5.91 Å². The molecule has 0 spiro atoms. The fourth-order valence-electron chi connectivity index (χ4n) is 3.98. The van der Waals surface area contributed by atoms with E-state index in [1.807, 2.05) is 17.0 Å². The number of hydrogen-bond donors (Lipinski definition) is 0. The zero-order chi connectivity index (χ0) is 18.5. The van der Waals surface area contributed by atoms with E-state index < -0.39 is 0 Å². The first-order chi connectivity index (χ1) is 13.3. The first-order valence-electron chi connectivity index (χ1n) is 10.1. The van der Waals surface area contributed by atoms with E-state index in [9.17, 15) is 4.79 Å². The molecule has 0 saturated carbocycles. The highest BCUT2D eigenvalue weighted by Crippen LogP contribution is 2.19. The fourth-order valence-corrected chi connectivity index (χ4v) is 3.98. The summed E-state index contributed by atoms with van der Waals surface area (Å²) in [4.78, 5) is 24.1. The number of aromatic nitrogens is 1. The molecule has 3 heterocycles. The number of amides is 1. The molecule has 2 aliphatic rings. The van der Waals surface area contributed by atoms with Crippen LogP contribution in [0.5, 0.6) is 0 Å². The standard InChI is InChI=1S/C22H28N4O/c27-22(26-11-5-2-6-12-26)20-9-10-23-21(17-20)25-15-13-24(14-16-25)18-19-7-3-1-4-8-19/h1,3-4,7-10,17H,2,5-6,11-16,18H2. The third-order valence-corrected chi connectivity index (χ3v) is 5.58. The molecule has 2 aromatic rings. The van der Waals surface area contributed by atoms with Crippen LogP contribution in [0, 0.1) is 0 Å². The second kappa shape index (κ2) is 8.53. The fraction of sp³-hybridized carbons (Fsp3) is 0.455. The van der Waals surface area contributed by atoms with Crippen LogP contribution >= 0.6 is 0 Å².